The Morgan fingerprint density at radius 1 is 1.25 bits per heavy atom. The zero-order valence-electron chi connectivity index (χ0n) is 17.2. The van der Waals surface area contributed by atoms with E-state index in [1.807, 2.05) is 0 Å². The molecule has 1 amide bonds. The first-order chi connectivity index (χ1) is 14.8. The van der Waals surface area contributed by atoms with Gasteiger partial charge in [-0.15, -0.1) is 0 Å². The Labute approximate surface area is 190 Å². The number of likely N-dealkylation sites (N-methyl/N-ethyl adjacent to an activating group) is 1. The highest BCUT2D eigenvalue weighted by atomic mass is 79.9. The van der Waals surface area contributed by atoms with Crippen LogP contribution in [0.15, 0.2) is 33.2 Å². The van der Waals surface area contributed by atoms with E-state index in [1.165, 1.54) is 4.90 Å². The monoisotopic (exact) mass is 507 g/mol. The highest BCUT2D eigenvalue weighted by Crippen LogP contribution is 2.53. The number of ketones is 2. The molecule has 0 heterocycles. The SMILES string of the molecule is CN(C)[C@@H]1C(O)=C(C(N)=O)C(=O)[C@@]2(O)C(O)=C3C(=O)c4c(cc(Br)c(N)c4O)C[C@H]3C[C@@H]12. The van der Waals surface area contributed by atoms with E-state index in [0.29, 0.717) is 10.0 Å². The van der Waals surface area contributed by atoms with Crippen molar-refractivity contribution in [3.8, 4) is 5.75 Å². The quantitative estimate of drug-likeness (QED) is 0.187. The van der Waals surface area contributed by atoms with Crippen LogP contribution >= 0.6 is 15.9 Å². The number of phenols is 1. The Kier molecular flexibility index (Phi) is 4.92. The van der Waals surface area contributed by atoms with Crippen molar-refractivity contribution in [3.05, 3.63) is 44.3 Å². The van der Waals surface area contributed by atoms with E-state index in [9.17, 15) is 34.8 Å². The molecule has 1 aromatic carbocycles. The average Bonchev–Trinajstić information content (AvgIpc) is 2.68. The van der Waals surface area contributed by atoms with Crippen LogP contribution in [0.1, 0.15) is 22.3 Å². The highest BCUT2D eigenvalue weighted by molar-refractivity contribution is 9.10. The van der Waals surface area contributed by atoms with Gasteiger partial charge in [-0.2, -0.15) is 0 Å². The van der Waals surface area contributed by atoms with Crippen molar-refractivity contribution in [2.45, 2.75) is 24.5 Å². The van der Waals surface area contributed by atoms with Gasteiger partial charge >= 0.3 is 0 Å². The zero-order valence-corrected chi connectivity index (χ0v) is 18.8. The summed E-state index contributed by atoms with van der Waals surface area (Å²) in [5.41, 5.74) is 7.70. The maximum atomic E-state index is 13.3. The molecule has 0 fully saturated rings. The van der Waals surface area contributed by atoms with E-state index >= 15 is 0 Å². The number of aromatic hydroxyl groups is 1. The number of nitrogens with zero attached hydrogens (tertiary/aromatic N) is 1. The van der Waals surface area contributed by atoms with Crippen LogP contribution in [0.5, 0.6) is 5.75 Å². The van der Waals surface area contributed by atoms with Crippen LogP contribution in [-0.4, -0.2) is 68.5 Å². The highest BCUT2D eigenvalue weighted by Gasteiger charge is 2.63. The first-order valence-electron chi connectivity index (χ1n) is 9.78. The number of hydrogen-bond acceptors (Lipinski definition) is 9. The number of phenolic OH excluding ortho intramolecular Hbond substituents is 1. The molecule has 4 atom stereocenters. The predicted octanol–water partition coefficient (Wildman–Crippen LogP) is 0.465. The van der Waals surface area contributed by atoms with Gasteiger partial charge in [0.2, 0.25) is 5.78 Å². The van der Waals surface area contributed by atoms with Gasteiger partial charge in [0, 0.05) is 16.0 Å². The van der Waals surface area contributed by atoms with E-state index in [1.54, 1.807) is 20.2 Å². The molecule has 0 spiro atoms. The third-order valence-electron chi connectivity index (χ3n) is 6.70. The average molecular weight is 508 g/mol. The molecule has 0 saturated carbocycles. The smallest absolute Gasteiger partial charge is 0.255 e. The lowest BCUT2D eigenvalue weighted by atomic mass is 9.58. The number of aliphatic hydroxyl groups is 3. The van der Waals surface area contributed by atoms with Crippen molar-refractivity contribution in [1.29, 1.82) is 0 Å². The lowest BCUT2D eigenvalue weighted by Crippen LogP contribution is -2.63. The van der Waals surface area contributed by atoms with Gasteiger partial charge in [0.05, 0.1) is 17.3 Å². The number of fused-ring (bicyclic) bond motifs is 3. The summed E-state index contributed by atoms with van der Waals surface area (Å²) in [6.45, 7) is 0. The Bertz CT molecular complexity index is 1170. The molecule has 0 saturated heterocycles. The molecule has 10 nitrogen and oxygen atoms in total. The summed E-state index contributed by atoms with van der Waals surface area (Å²) in [5, 5.41) is 43.7. The van der Waals surface area contributed by atoms with Crippen LogP contribution in [0, 0.1) is 11.8 Å². The van der Waals surface area contributed by atoms with E-state index < -0.39 is 63.8 Å². The molecular weight excluding hydrogens is 486 g/mol. The summed E-state index contributed by atoms with van der Waals surface area (Å²) in [7, 11) is 3.15. The second kappa shape index (κ2) is 7.06. The molecule has 0 unspecified atom stereocenters. The molecule has 32 heavy (non-hydrogen) atoms. The van der Waals surface area contributed by atoms with Gasteiger partial charge in [0.1, 0.15) is 17.1 Å². The van der Waals surface area contributed by atoms with Crippen LogP contribution in [-0.2, 0) is 16.0 Å². The maximum absolute atomic E-state index is 13.3. The topological polar surface area (TPSA) is 187 Å². The van der Waals surface area contributed by atoms with Crippen molar-refractivity contribution in [2.24, 2.45) is 17.6 Å². The minimum absolute atomic E-state index is 0.0362. The van der Waals surface area contributed by atoms with E-state index in [-0.39, 0.29) is 29.7 Å². The van der Waals surface area contributed by atoms with Gasteiger partial charge in [0.25, 0.3) is 5.91 Å². The molecule has 0 radical (unpaired) electrons. The normalized spacial score (nSPS) is 29.7. The molecule has 3 aliphatic rings. The first-order valence-corrected chi connectivity index (χ1v) is 10.6. The van der Waals surface area contributed by atoms with Crippen LogP contribution in [0.4, 0.5) is 5.69 Å². The third kappa shape index (κ3) is 2.68. The number of rotatable bonds is 2. The second-order valence-electron chi connectivity index (χ2n) is 8.62. The van der Waals surface area contributed by atoms with E-state index in [2.05, 4.69) is 15.9 Å². The molecule has 11 heteroatoms. The Morgan fingerprint density at radius 2 is 1.88 bits per heavy atom. The number of nitrogen functional groups attached to an aromatic ring is 1. The number of amides is 1. The number of carbonyl (C=O) groups is 3. The molecule has 0 aliphatic heterocycles. The van der Waals surface area contributed by atoms with Crippen LogP contribution in [0.2, 0.25) is 0 Å². The molecule has 4 rings (SSSR count). The van der Waals surface area contributed by atoms with Crippen LogP contribution in [0.3, 0.4) is 0 Å². The minimum Gasteiger partial charge on any atom is -0.510 e. The fourth-order valence-corrected chi connectivity index (χ4v) is 5.75. The lowest BCUT2D eigenvalue weighted by Gasteiger charge is -2.50. The van der Waals surface area contributed by atoms with Gasteiger partial charge in [-0.25, -0.2) is 0 Å². The number of benzene rings is 1. The zero-order chi connectivity index (χ0) is 23.9. The number of nitrogens with two attached hydrogens (primary N) is 2. The fraction of sp³-hybridized carbons (Fsp3) is 0.381. The summed E-state index contributed by atoms with van der Waals surface area (Å²) in [6, 6.07) is 0.585. The van der Waals surface area contributed by atoms with Gasteiger partial charge in [0.15, 0.2) is 17.1 Å². The molecule has 3 aliphatic carbocycles. The number of Topliss-reactive ketones (excluding diaryl/α,β-unsaturated/α-hetero) is 2. The van der Waals surface area contributed by atoms with Crippen LogP contribution in [0.25, 0.3) is 0 Å². The van der Waals surface area contributed by atoms with Gasteiger partial charge < -0.3 is 31.9 Å². The van der Waals surface area contributed by atoms with Crippen molar-refractivity contribution >= 4 is 39.1 Å². The van der Waals surface area contributed by atoms with Crippen molar-refractivity contribution in [2.75, 3.05) is 19.8 Å². The number of allylic oxidation sites excluding steroid dienone is 1. The number of anilines is 1. The van der Waals surface area contributed by atoms with E-state index in [4.69, 9.17) is 11.5 Å². The van der Waals surface area contributed by atoms with E-state index in [0.717, 1.165) is 0 Å². The fourth-order valence-electron chi connectivity index (χ4n) is 5.29. The largest absolute Gasteiger partial charge is 0.510 e. The standard InChI is InChI=1S/C21H22BrN3O7/c1-25(2)14-8-4-6-3-7-5-9(22)13(23)16(27)10(7)15(26)11(6)18(29)21(8,32)19(30)12(17(14)28)20(24)31/h5-6,8,14,27-29,32H,3-4,23H2,1-2H3,(H2,24,31)/t6-,8-,14-,21-/m0/s1. The van der Waals surface area contributed by atoms with Gasteiger partial charge in [-0.05, 0) is 60.4 Å². The molecule has 170 valence electrons. The summed E-state index contributed by atoms with van der Waals surface area (Å²) < 4.78 is 0.399. The number of primary amides is 1. The Morgan fingerprint density at radius 3 is 2.44 bits per heavy atom. The lowest BCUT2D eigenvalue weighted by molar-refractivity contribution is -0.148. The summed E-state index contributed by atoms with van der Waals surface area (Å²) in [5.74, 6) is -6.95. The molecule has 0 aromatic heterocycles. The number of carbonyl (C=O) groups excluding carboxylic acids is 3. The number of halogens is 1. The third-order valence-corrected chi connectivity index (χ3v) is 7.36. The second-order valence-corrected chi connectivity index (χ2v) is 9.47. The van der Waals surface area contributed by atoms with Crippen molar-refractivity contribution in [1.82, 2.24) is 4.90 Å². The predicted molar refractivity (Wildman–Crippen MR) is 116 cm³/mol. The van der Waals surface area contributed by atoms with Crippen LogP contribution < -0.4 is 11.5 Å². The summed E-state index contributed by atoms with van der Waals surface area (Å²) >= 11 is 3.24. The molecular formula is C21H22BrN3O7. The van der Waals surface area contributed by atoms with Crippen molar-refractivity contribution < 1.29 is 34.8 Å². The van der Waals surface area contributed by atoms with Crippen molar-refractivity contribution in [3.63, 3.8) is 0 Å². The number of hydrogen-bond donors (Lipinski definition) is 6. The van der Waals surface area contributed by atoms with Gasteiger partial charge in [-0.3, -0.25) is 19.3 Å². The number of aliphatic hydroxyl groups excluding tert-OH is 2. The summed E-state index contributed by atoms with van der Waals surface area (Å²) in [4.78, 5) is 39.9. The molecule has 8 N–H and O–H groups in total. The Balaban J connectivity index is 1.98. The van der Waals surface area contributed by atoms with Gasteiger partial charge in [-0.1, -0.05) is 0 Å². The summed E-state index contributed by atoms with van der Waals surface area (Å²) in [6.07, 6.45) is 0.246. The molecule has 1 aromatic rings. The maximum Gasteiger partial charge on any atom is 0.255 e. The first kappa shape index (κ1) is 22.3. The minimum atomic E-state index is -2.65. The molecule has 0 bridgehead atoms. The Hall–Kier alpha value is -2.89.